The second-order valence-corrected chi connectivity index (χ2v) is 10.0. The Hall–Kier alpha value is -2.20. The van der Waals surface area contributed by atoms with E-state index >= 15 is 0 Å². The largest absolute Gasteiger partial charge is 0.416 e. The molecule has 2 aliphatic rings. The summed E-state index contributed by atoms with van der Waals surface area (Å²) < 4.78 is 57.6. The van der Waals surface area contributed by atoms with Crippen molar-refractivity contribution in [2.45, 2.75) is 82.4 Å². The first-order chi connectivity index (χ1) is 17.1. The molecule has 2 amide bonds. The average molecular weight is 516 g/mol. The van der Waals surface area contributed by atoms with E-state index in [4.69, 9.17) is 4.74 Å². The number of benzene rings is 1. The summed E-state index contributed by atoms with van der Waals surface area (Å²) in [6.45, 7) is -0.438. The Kier molecular flexibility index (Phi) is 10.1. The summed E-state index contributed by atoms with van der Waals surface area (Å²) in [7, 11) is 3.59. The molecule has 0 bridgehead atoms. The van der Waals surface area contributed by atoms with Crippen molar-refractivity contribution < 1.29 is 31.9 Å². The quantitative estimate of drug-likeness (QED) is 0.476. The Balaban J connectivity index is 1.39. The van der Waals surface area contributed by atoms with E-state index in [2.05, 4.69) is 10.6 Å². The summed E-state index contributed by atoms with van der Waals surface area (Å²) in [4.78, 5) is 26.9. The Labute approximate surface area is 210 Å². The number of carbonyl (C=O) groups is 2. The second kappa shape index (κ2) is 12.9. The molecule has 0 atom stereocenters. The molecule has 0 radical (unpaired) electrons. The molecule has 2 fully saturated rings. The standard InChI is InChI=1S/C26H37F4N3O3/c1-33(22-7-9-23(36-2)10-8-22)24(34)16-31-21-5-3-17(4-6-21)15-32-25(35)19-11-18(14-27)12-20(13-19)26(28,29)30/h11-13,17,21-23,31H,3-10,14-16H2,1-2H3,(H,32,35)/t17-,21-,22?,23?. The predicted octanol–water partition coefficient (Wildman–Crippen LogP) is 4.47. The lowest BCUT2D eigenvalue weighted by Gasteiger charge is -2.35. The molecule has 0 spiro atoms. The maximum atomic E-state index is 13.1. The lowest BCUT2D eigenvalue weighted by molar-refractivity contribution is -0.137. The van der Waals surface area contributed by atoms with Gasteiger partial charge in [0.05, 0.1) is 18.2 Å². The van der Waals surface area contributed by atoms with E-state index in [0.29, 0.717) is 19.2 Å². The first kappa shape index (κ1) is 28.4. The predicted molar refractivity (Wildman–Crippen MR) is 128 cm³/mol. The monoisotopic (exact) mass is 515 g/mol. The topological polar surface area (TPSA) is 70.7 Å². The highest BCUT2D eigenvalue weighted by atomic mass is 19.4. The summed E-state index contributed by atoms with van der Waals surface area (Å²) in [5.74, 6) is -0.351. The third-order valence-corrected chi connectivity index (χ3v) is 7.59. The van der Waals surface area contributed by atoms with Crippen molar-refractivity contribution >= 4 is 11.8 Å². The maximum Gasteiger partial charge on any atom is 0.416 e. The SMILES string of the molecule is COC1CCC(N(C)C(=O)CN[C@H]2CC[C@H](CNC(=O)c3cc(CF)cc(C(F)(F)F)c3)CC2)CC1. The lowest BCUT2D eigenvalue weighted by Crippen LogP contribution is -2.46. The van der Waals surface area contributed by atoms with Crippen LogP contribution in [-0.4, -0.2) is 62.1 Å². The lowest BCUT2D eigenvalue weighted by atomic mass is 9.86. The highest BCUT2D eigenvalue weighted by Crippen LogP contribution is 2.31. The highest BCUT2D eigenvalue weighted by molar-refractivity contribution is 5.94. The molecule has 2 saturated carbocycles. The van der Waals surface area contributed by atoms with Crippen molar-refractivity contribution in [3.63, 3.8) is 0 Å². The second-order valence-electron chi connectivity index (χ2n) is 10.0. The normalized spacial score (nSPS) is 24.8. The summed E-state index contributed by atoms with van der Waals surface area (Å²) in [5, 5.41) is 6.06. The number of halogens is 4. The number of rotatable bonds is 9. The van der Waals surface area contributed by atoms with Crippen LogP contribution in [0, 0.1) is 5.92 Å². The minimum absolute atomic E-state index is 0.0824. The number of carbonyl (C=O) groups excluding carboxylic acids is 2. The van der Waals surface area contributed by atoms with E-state index in [9.17, 15) is 27.2 Å². The number of nitrogens with zero attached hydrogens (tertiary/aromatic N) is 1. The molecule has 202 valence electrons. The number of ether oxygens (including phenoxy) is 1. The fourth-order valence-electron chi connectivity index (χ4n) is 5.20. The van der Waals surface area contributed by atoms with Gasteiger partial charge in [0.25, 0.3) is 5.91 Å². The first-order valence-electron chi connectivity index (χ1n) is 12.7. The third-order valence-electron chi connectivity index (χ3n) is 7.59. The highest BCUT2D eigenvalue weighted by Gasteiger charge is 2.32. The zero-order valence-electron chi connectivity index (χ0n) is 21.0. The number of likely N-dealkylation sites (N-methyl/N-ethyl adjacent to an activating group) is 1. The van der Waals surface area contributed by atoms with Gasteiger partial charge in [0.15, 0.2) is 0 Å². The van der Waals surface area contributed by atoms with Gasteiger partial charge in [-0.05, 0) is 81.0 Å². The van der Waals surface area contributed by atoms with Gasteiger partial charge in [-0.2, -0.15) is 13.2 Å². The molecule has 1 aromatic rings. The van der Waals surface area contributed by atoms with Gasteiger partial charge < -0.3 is 20.3 Å². The van der Waals surface area contributed by atoms with Crippen molar-refractivity contribution in [3.05, 3.63) is 34.9 Å². The van der Waals surface area contributed by atoms with Crippen LogP contribution in [0.1, 0.15) is 72.9 Å². The summed E-state index contributed by atoms with van der Waals surface area (Å²) in [6.07, 6.45) is 2.86. The molecule has 0 aromatic heterocycles. The average Bonchev–Trinajstić information content (AvgIpc) is 2.89. The first-order valence-corrected chi connectivity index (χ1v) is 12.7. The van der Waals surface area contributed by atoms with Crippen LogP contribution >= 0.6 is 0 Å². The molecule has 10 heteroatoms. The Morgan fingerprint density at radius 2 is 1.69 bits per heavy atom. The van der Waals surface area contributed by atoms with E-state index < -0.39 is 24.3 Å². The van der Waals surface area contributed by atoms with Crippen LogP contribution < -0.4 is 10.6 Å². The van der Waals surface area contributed by atoms with Crippen LogP contribution in [0.3, 0.4) is 0 Å². The van der Waals surface area contributed by atoms with Crippen molar-refractivity contribution in [1.82, 2.24) is 15.5 Å². The molecule has 0 heterocycles. The molecule has 0 aliphatic heterocycles. The van der Waals surface area contributed by atoms with Crippen LogP contribution in [0.5, 0.6) is 0 Å². The van der Waals surface area contributed by atoms with Gasteiger partial charge in [-0.25, -0.2) is 4.39 Å². The molecule has 36 heavy (non-hydrogen) atoms. The summed E-state index contributed by atoms with van der Waals surface area (Å²) >= 11 is 0. The number of methoxy groups -OCH3 is 1. The van der Waals surface area contributed by atoms with E-state index in [0.717, 1.165) is 69.6 Å². The van der Waals surface area contributed by atoms with Gasteiger partial charge in [-0.3, -0.25) is 9.59 Å². The molecule has 2 N–H and O–H groups in total. The fourth-order valence-corrected chi connectivity index (χ4v) is 5.20. The maximum absolute atomic E-state index is 13.1. The van der Waals surface area contributed by atoms with Crippen LogP contribution in [0.25, 0.3) is 0 Å². The van der Waals surface area contributed by atoms with Gasteiger partial charge in [-0.15, -0.1) is 0 Å². The Morgan fingerprint density at radius 1 is 1.03 bits per heavy atom. The smallest absolute Gasteiger partial charge is 0.381 e. The molecule has 1 aromatic carbocycles. The Morgan fingerprint density at radius 3 is 2.28 bits per heavy atom. The van der Waals surface area contributed by atoms with Crippen molar-refractivity contribution in [1.29, 1.82) is 0 Å². The van der Waals surface area contributed by atoms with Gasteiger partial charge in [0.2, 0.25) is 5.91 Å². The van der Waals surface area contributed by atoms with Gasteiger partial charge in [0, 0.05) is 38.3 Å². The molecular weight excluding hydrogens is 478 g/mol. The van der Waals surface area contributed by atoms with Crippen LogP contribution in [0.2, 0.25) is 0 Å². The van der Waals surface area contributed by atoms with Gasteiger partial charge in [0.1, 0.15) is 6.67 Å². The number of hydrogen-bond acceptors (Lipinski definition) is 4. The number of alkyl halides is 4. The van der Waals surface area contributed by atoms with Crippen molar-refractivity contribution in [2.75, 3.05) is 27.2 Å². The minimum atomic E-state index is -4.65. The van der Waals surface area contributed by atoms with Crippen LogP contribution in [-0.2, 0) is 22.4 Å². The van der Waals surface area contributed by atoms with E-state index in [1.807, 2.05) is 11.9 Å². The van der Waals surface area contributed by atoms with E-state index in [1.54, 1.807) is 7.11 Å². The van der Waals surface area contributed by atoms with Crippen LogP contribution in [0.4, 0.5) is 17.6 Å². The number of nitrogens with one attached hydrogen (secondary N) is 2. The third kappa shape index (κ3) is 7.90. The summed E-state index contributed by atoms with van der Waals surface area (Å²) in [5.41, 5.74) is -1.40. The van der Waals surface area contributed by atoms with Crippen molar-refractivity contribution in [2.24, 2.45) is 5.92 Å². The van der Waals surface area contributed by atoms with E-state index in [1.165, 1.54) is 0 Å². The minimum Gasteiger partial charge on any atom is -0.381 e. The van der Waals surface area contributed by atoms with E-state index in [-0.39, 0.29) is 35.0 Å². The van der Waals surface area contributed by atoms with Crippen LogP contribution in [0.15, 0.2) is 18.2 Å². The van der Waals surface area contributed by atoms with Gasteiger partial charge in [-0.1, -0.05) is 0 Å². The molecule has 2 aliphatic carbocycles. The molecule has 0 unspecified atom stereocenters. The zero-order chi connectivity index (χ0) is 26.3. The molecule has 3 rings (SSSR count). The van der Waals surface area contributed by atoms with Gasteiger partial charge >= 0.3 is 6.18 Å². The molecule has 0 saturated heterocycles. The Bertz CT molecular complexity index is 880. The zero-order valence-corrected chi connectivity index (χ0v) is 21.0. The number of hydrogen-bond donors (Lipinski definition) is 2. The molecule has 6 nitrogen and oxygen atoms in total. The molecular formula is C26H37F4N3O3. The fraction of sp³-hybridized carbons (Fsp3) is 0.692. The summed E-state index contributed by atoms with van der Waals surface area (Å²) in [6, 6.07) is 3.10. The van der Waals surface area contributed by atoms with Crippen molar-refractivity contribution in [3.8, 4) is 0 Å². The number of amides is 2.